The lowest BCUT2D eigenvalue weighted by Gasteiger charge is -2.28. The summed E-state index contributed by atoms with van der Waals surface area (Å²) in [6.07, 6.45) is 1.29. The van der Waals surface area contributed by atoms with Crippen molar-refractivity contribution in [2.75, 3.05) is 13.6 Å². The first kappa shape index (κ1) is 29.1. The molecular formula is C36H36N4O4. The number of aliphatic hydroxyl groups excluding tert-OH is 1. The van der Waals surface area contributed by atoms with E-state index < -0.39 is 24.1 Å². The summed E-state index contributed by atoms with van der Waals surface area (Å²) >= 11 is 0. The van der Waals surface area contributed by atoms with Crippen LogP contribution in [0.4, 0.5) is 0 Å². The molecule has 44 heavy (non-hydrogen) atoms. The summed E-state index contributed by atoms with van der Waals surface area (Å²) in [6.45, 7) is 0.426. The number of carbonyl (C=O) groups excluding carboxylic acids is 3. The maximum absolute atomic E-state index is 13.9. The van der Waals surface area contributed by atoms with Crippen LogP contribution >= 0.6 is 0 Å². The molecule has 3 amide bonds. The highest BCUT2D eigenvalue weighted by molar-refractivity contribution is 6.08. The van der Waals surface area contributed by atoms with Crippen LogP contribution in [0.5, 0.6) is 0 Å². The van der Waals surface area contributed by atoms with Crippen LogP contribution in [-0.2, 0) is 29.6 Å². The molecule has 1 aromatic heterocycles. The van der Waals surface area contributed by atoms with Gasteiger partial charge in [-0.3, -0.25) is 14.4 Å². The number of nitrogens with one attached hydrogen (secondary N) is 1. The Kier molecular flexibility index (Phi) is 8.17. The minimum Gasteiger partial charge on any atom is -0.391 e. The van der Waals surface area contributed by atoms with Crippen LogP contribution in [0.15, 0.2) is 103 Å². The Morgan fingerprint density at radius 3 is 2.41 bits per heavy atom. The van der Waals surface area contributed by atoms with E-state index >= 15 is 0 Å². The zero-order chi connectivity index (χ0) is 30.8. The zero-order valence-corrected chi connectivity index (χ0v) is 24.9. The number of hydrogen-bond donors (Lipinski definition) is 2. The first-order chi connectivity index (χ1) is 21.3. The zero-order valence-electron chi connectivity index (χ0n) is 24.9. The van der Waals surface area contributed by atoms with Crippen molar-refractivity contribution < 1.29 is 19.5 Å². The third kappa shape index (κ3) is 5.94. The number of aryl methyl sites for hydroxylation is 1. The molecule has 1 saturated heterocycles. The van der Waals surface area contributed by atoms with Crippen LogP contribution in [0.3, 0.4) is 0 Å². The molecule has 0 spiro atoms. The second-order valence-corrected chi connectivity index (χ2v) is 11.7. The maximum atomic E-state index is 13.9. The molecule has 6 rings (SSSR count). The summed E-state index contributed by atoms with van der Waals surface area (Å²) < 4.78 is 1.88. The summed E-state index contributed by atoms with van der Waals surface area (Å²) in [7, 11) is 3.60. The smallest absolute Gasteiger partial charge is 0.256 e. The van der Waals surface area contributed by atoms with Gasteiger partial charge in [-0.25, -0.2) is 0 Å². The predicted octanol–water partition coefficient (Wildman–Crippen LogP) is 4.29. The predicted molar refractivity (Wildman–Crippen MR) is 171 cm³/mol. The number of carbonyl (C=O) groups is 3. The Balaban J connectivity index is 1.26. The van der Waals surface area contributed by atoms with Gasteiger partial charge in [0, 0.05) is 57.1 Å². The molecule has 0 bridgehead atoms. The van der Waals surface area contributed by atoms with Gasteiger partial charge in [0.05, 0.1) is 11.7 Å². The van der Waals surface area contributed by atoms with Crippen LogP contribution in [0, 0.1) is 0 Å². The standard InChI is InChI=1S/C36H36N4O4/c1-38-23-30(29-14-8-9-15-32(29)38)35(43)40-22-28(41)20-33(40)34(42)37-31(36(44)39(2)21-24-10-4-3-5-11-24)19-25-16-17-26-12-6-7-13-27(26)18-25/h3-18,23,28,31,33,41H,19-22H2,1-2H3,(H,37,42). The molecular weight excluding hydrogens is 552 g/mol. The number of aliphatic hydroxyl groups is 1. The molecule has 0 saturated carbocycles. The second-order valence-electron chi connectivity index (χ2n) is 11.7. The third-order valence-corrected chi connectivity index (χ3v) is 8.48. The molecule has 3 unspecified atom stereocenters. The quantitative estimate of drug-likeness (QED) is 0.283. The number of amides is 3. The van der Waals surface area contributed by atoms with E-state index in [1.54, 1.807) is 18.1 Å². The van der Waals surface area contributed by atoms with E-state index in [-0.39, 0.29) is 31.2 Å². The largest absolute Gasteiger partial charge is 0.391 e. The number of hydrogen-bond acceptors (Lipinski definition) is 4. The number of β-amino-alcohol motifs (C(OH)–C–C–N with tert-alkyl or cyclic N) is 1. The second kappa shape index (κ2) is 12.3. The van der Waals surface area contributed by atoms with E-state index in [1.807, 2.05) is 109 Å². The van der Waals surface area contributed by atoms with Gasteiger partial charge in [0.2, 0.25) is 11.8 Å². The molecule has 224 valence electrons. The van der Waals surface area contributed by atoms with E-state index in [0.717, 1.165) is 32.8 Å². The van der Waals surface area contributed by atoms with Crippen LogP contribution < -0.4 is 5.32 Å². The number of aromatic nitrogens is 1. The van der Waals surface area contributed by atoms with Crippen LogP contribution in [-0.4, -0.2) is 69.0 Å². The molecule has 1 aliphatic rings. The molecule has 1 aliphatic heterocycles. The summed E-state index contributed by atoms with van der Waals surface area (Å²) in [5.41, 5.74) is 3.26. The monoisotopic (exact) mass is 588 g/mol. The summed E-state index contributed by atoms with van der Waals surface area (Å²) in [6, 6.07) is 29.5. The van der Waals surface area contributed by atoms with Crippen molar-refractivity contribution in [3.05, 3.63) is 120 Å². The molecule has 1 fully saturated rings. The fourth-order valence-corrected chi connectivity index (χ4v) is 6.22. The minimum atomic E-state index is -0.914. The van der Waals surface area contributed by atoms with Crippen molar-refractivity contribution in [3.8, 4) is 0 Å². The lowest BCUT2D eigenvalue weighted by atomic mass is 10.00. The Morgan fingerprint density at radius 2 is 1.61 bits per heavy atom. The fraction of sp³-hybridized carbons (Fsp3) is 0.250. The average molecular weight is 589 g/mol. The molecule has 2 N–H and O–H groups in total. The maximum Gasteiger partial charge on any atom is 0.256 e. The van der Waals surface area contributed by atoms with E-state index in [9.17, 15) is 19.5 Å². The summed E-state index contributed by atoms with van der Waals surface area (Å²) in [5, 5.41) is 16.5. The molecule has 0 radical (unpaired) electrons. The van der Waals surface area contributed by atoms with Gasteiger partial charge in [0.1, 0.15) is 12.1 Å². The number of likely N-dealkylation sites (tertiary alicyclic amines) is 1. The van der Waals surface area contributed by atoms with Crippen molar-refractivity contribution >= 4 is 39.4 Å². The first-order valence-corrected chi connectivity index (χ1v) is 14.9. The average Bonchev–Trinajstić information content (AvgIpc) is 3.60. The molecule has 3 atom stereocenters. The first-order valence-electron chi connectivity index (χ1n) is 14.9. The van der Waals surface area contributed by atoms with Gasteiger partial charge in [-0.05, 0) is 28.0 Å². The topological polar surface area (TPSA) is 94.9 Å². The minimum absolute atomic E-state index is 0.0390. The van der Waals surface area contributed by atoms with E-state index in [2.05, 4.69) is 5.32 Å². The van der Waals surface area contributed by atoms with Crippen molar-refractivity contribution in [1.29, 1.82) is 0 Å². The van der Waals surface area contributed by atoms with Crippen LogP contribution in [0.25, 0.3) is 21.7 Å². The normalized spacial score (nSPS) is 17.1. The van der Waals surface area contributed by atoms with Crippen LogP contribution in [0.2, 0.25) is 0 Å². The number of fused-ring (bicyclic) bond motifs is 2. The molecule has 8 nitrogen and oxygen atoms in total. The molecule has 5 aromatic rings. The molecule has 0 aliphatic carbocycles. The Hall–Kier alpha value is -4.95. The van der Waals surface area contributed by atoms with Crippen LogP contribution in [0.1, 0.15) is 27.9 Å². The Bertz CT molecular complexity index is 1830. The highest BCUT2D eigenvalue weighted by Crippen LogP contribution is 2.27. The molecule has 8 heteroatoms. The third-order valence-electron chi connectivity index (χ3n) is 8.48. The van der Waals surface area contributed by atoms with Gasteiger partial charge in [0.25, 0.3) is 5.91 Å². The SMILES string of the molecule is CN(Cc1ccccc1)C(=O)C(Cc1ccc2ccccc2c1)NC(=O)C1CC(O)CN1C(=O)c1cn(C)c2ccccc12. The number of nitrogens with zero attached hydrogens (tertiary/aromatic N) is 3. The van der Waals surface area contributed by atoms with Gasteiger partial charge in [-0.2, -0.15) is 0 Å². The lowest BCUT2D eigenvalue weighted by molar-refractivity contribution is -0.136. The van der Waals surface area contributed by atoms with Crippen molar-refractivity contribution in [2.45, 2.75) is 37.6 Å². The van der Waals surface area contributed by atoms with Gasteiger partial charge in [0.15, 0.2) is 0 Å². The highest BCUT2D eigenvalue weighted by atomic mass is 16.3. The summed E-state index contributed by atoms with van der Waals surface area (Å²) in [5.74, 6) is -1.01. The molecule has 4 aromatic carbocycles. The number of para-hydroxylation sites is 1. The number of benzene rings is 4. The molecule has 2 heterocycles. The van der Waals surface area contributed by atoms with Gasteiger partial charge in [-0.1, -0.05) is 91.0 Å². The number of rotatable bonds is 8. The van der Waals surface area contributed by atoms with Gasteiger partial charge >= 0.3 is 0 Å². The van der Waals surface area contributed by atoms with Crippen molar-refractivity contribution in [1.82, 2.24) is 19.7 Å². The number of likely N-dealkylation sites (N-methyl/N-ethyl adjacent to an activating group) is 1. The Labute approximate surface area is 256 Å². The van der Waals surface area contributed by atoms with E-state index in [0.29, 0.717) is 12.1 Å². The Morgan fingerprint density at radius 1 is 0.909 bits per heavy atom. The summed E-state index contributed by atoms with van der Waals surface area (Å²) in [4.78, 5) is 44.7. The lowest BCUT2D eigenvalue weighted by Crippen LogP contribution is -2.54. The van der Waals surface area contributed by atoms with Gasteiger partial charge in [-0.15, -0.1) is 0 Å². The van der Waals surface area contributed by atoms with Gasteiger partial charge < -0.3 is 24.8 Å². The van der Waals surface area contributed by atoms with Crippen molar-refractivity contribution in [2.24, 2.45) is 7.05 Å². The van der Waals surface area contributed by atoms with E-state index in [4.69, 9.17) is 0 Å². The highest BCUT2D eigenvalue weighted by Gasteiger charge is 2.41. The van der Waals surface area contributed by atoms with E-state index in [1.165, 1.54) is 4.90 Å². The van der Waals surface area contributed by atoms with Crippen molar-refractivity contribution in [3.63, 3.8) is 0 Å². The fourth-order valence-electron chi connectivity index (χ4n) is 6.22.